The fourth-order valence-corrected chi connectivity index (χ4v) is 6.08. The second-order valence-electron chi connectivity index (χ2n) is 11.4. The van der Waals surface area contributed by atoms with E-state index in [4.69, 9.17) is 14.2 Å². The van der Waals surface area contributed by atoms with E-state index in [2.05, 4.69) is 0 Å². The minimum Gasteiger partial charge on any atom is -0.466 e. The third kappa shape index (κ3) is 7.47. The van der Waals surface area contributed by atoms with Crippen LogP contribution >= 0.6 is 0 Å². The van der Waals surface area contributed by atoms with Gasteiger partial charge in [0.1, 0.15) is 6.23 Å². The smallest absolute Gasteiger partial charge is 0.416 e. The Morgan fingerprint density at radius 3 is 2.31 bits per heavy atom. The van der Waals surface area contributed by atoms with Gasteiger partial charge in [-0.15, -0.1) is 0 Å². The van der Waals surface area contributed by atoms with Gasteiger partial charge in [0.25, 0.3) is 0 Å². The highest BCUT2D eigenvalue weighted by atomic mass is 19.4. The number of hydrogen-bond donors (Lipinski definition) is 0. The van der Waals surface area contributed by atoms with Gasteiger partial charge in [-0.25, -0.2) is 0 Å². The summed E-state index contributed by atoms with van der Waals surface area (Å²) in [6.45, 7) is 6.78. The van der Waals surface area contributed by atoms with Crippen LogP contribution in [-0.4, -0.2) is 50.0 Å². The van der Waals surface area contributed by atoms with E-state index in [0.717, 1.165) is 5.56 Å². The van der Waals surface area contributed by atoms with Crippen LogP contribution in [0, 0.1) is 11.3 Å². The molecule has 5 nitrogen and oxygen atoms in total. The summed E-state index contributed by atoms with van der Waals surface area (Å²) < 4.78 is 99.5. The van der Waals surface area contributed by atoms with Gasteiger partial charge in [0.2, 0.25) is 0 Å². The topological polar surface area (TPSA) is 48.0 Å². The van der Waals surface area contributed by atoms with E-state index in [1.165, 1.54) is 6.92 Å². The Hall–Kier alpha value is -2.63. The Labute approximate surface area is 242 Å². The van der Waals surface area contributed by atoms with Crippen LogP contribution in [0.1, 0.15) is 74.3 Å². The largest absolute Gasteiger partial charge is 0.466 e. The number of alkyl halides is 6. The molecule has 4 rings (SSSR count). The van der Waals surface area contributed by atoms with Crippen LogP contribution in [0.5, 0.6) is 0 Å². The van der Waals surface area contributed by atoms with Crippen LogP contribution in [0.3, 0.4) is 0 Å². The number of halogens is 6. The Balaban J connectivity index is 1.73. The maximum atomic E-state index is 13.6. The summed E-state index contributed by atoms with van der Waals surface area (Å²) in [4.78, 5) is 14.9. The summed E-state index contributed by atoms with van der Waals surface area (Å²) in [5.41, 5.74) is -2.84. The first-order valence-electron chi connectivity index (χ1n) is 14.2. The molecule has 232 valence electrons. The number of rotatable bonds is 8. The average Bonchev–Trinajstić information content (AvgIpc) is 2.95. The third-order valence-electron chi connectivity index (χ3n) is 8.27. The van der Waals surface area contributed by atoms with E-state index >= 15 is 0 Å². The highest BCUT2D eigenvalue weighted by molar-refractivity contribution is 5.76. The molecule has 2 aromatic carbocycles. The molecule has 42 heavy (non-hydrogen) atoms. The molecule has 2 aliphatic rings. The van der Waals surface area contributed by atoms with Crippen molar-refractivity contribution >= 4 is 5.97 Å². The normalized spacial score (nSPS) is 25.5. The average molecular weight is 602 g/mol. The summed E-state index contributed by atoms with van der Waals surface area (Å²) in [6, 6.07) is 11.2. The number of likely N-dealkylation sites (tertiary alicyclic amines) is 1. The van der Waals surface area contributed by atoms with E-state index in [-0.39, 0.29) is 49.2 Å². The van der Waals surface area contributed by atoms with Crippen molar-refractivity contribution in [3.63, 3.8) is 0 Å². The van der Waals surface area contributed by atoms with Gasteiger partial charge in [0.05, 0.1) is 35.9 Å². The maximum Gasteiger partial charge on any atom is 0.416 e. The zero-order chi connectivity index (χ0) is 30.7. The molecule has 0 aliphatic carbocycles. The first-order chi connectivity index (χ1) is 19.7. The molecule has 1 unspecified atom stereocenters. The summed E-state index contributed by atoms with van der Waals surface area (Å²) in [5.74, 6) is -0.699. The molecule has 0 aromatic heterocycles. The molecular formula is C31H37F6NO4. The summed E-state index contributed by atoms with van der Waals surface area (Å²) in [7, 11) is 0. The fraction of sp³-hybridized carbons (Fsp3) is 0.581. The fourth-order valence-electron chi connectivity index (χ4n) is 6.08. The Kier molecular flexibility index (Phi) is 9.94. The monoisotopic (exact) mass is 601 g/mol. The van der Waals surface area contributed by atoms with Crippen molar-refractivity contribution in [2.24, 2.45) is 11.3 Å². The lowest BCUT2D eigenvalue weighted by Crippen LogP contribution is -2.55. The molecule has 0 saturated carbocycles. The molecule has 0 amide bonds. The number of hydrogen-bond acceptors (Lipinski definition) is 5. The first-order valence-corrected chi connectivity index (χ1v) is 14.2. The van der Waals surface area contributed by atoms with Crippen molar-refractivity contribution in [1.82, 2.24) is 4.90 Å². The van der Waals surface area contributed by atoms with Gasteiger partial charge in [-0.3, -0.25) is 9.69 Å². The van der Waals surface area contributed by atoms with Gasteiger partial charge in [0.15, 0.2) is 0 Å². The van der Waals surface area contributed by atoms with E-state index in [0.29, 0.717) is 44.5 Å². The number of carbonyl (C=O) groups is 1. The number of esters is 1. The van der Waals surface area contributed by atoms with Crippen LogP contribution in [-0.2, 0) is 31.4 Å². The van der Waals surface area contributed by atoms with Gasteiger partial charge < -0.3 is 14.2 Å². The zero-order valence-electron chi connectivity index (χ0n) is 23.9. The molecule has 0 N–H and O–H groups in total. The van der Waals surface area contributed by atoms with Gasteiger partial charge in [-0.1, -0.05) is 30.3 Å². The highest BCUT2D eigenvalue weighted by Crippen LogP contribution is 2.43. The second kappa shape index (κ2) is 12.9. The molecule has 2 aromatic rings. The molecule has 11 heteroatoms. The van der Waals surface area contributed by atoms with Crippen molar-refractivity contribution in [2.75, 3.05) is 32.9 Å². The standard InChI is InChI=1S/C31H37F6NO4/c1-4-41-28(39)29(3)12-8-13-38(19-29)27(26-18-40-14-11-25(26)21-9-6-5-7-10-21)42-20(2)22-15-23(30(32,33)34)17-24(16-22)31(35,36)37/h5-7,9-10,15-17,20,25-27H,4,8,11-14,18-19H2,1-3H3/t20-,25-,26+,27?,29-/m1/s1. The Bertz CT molecular complexity index is 1170. The molecule has 0 radical (unpaired) electrons. The van der Waals surface area contributed by atoms with Gasteiger partial charge >= 0.3 is 18.3 Å². The van der Waals surface area contributed by atoms with Crippen molar-refractivity contribution in [1.29, 1.82) is 0 Å². The molecule has 0 bridgehead atoms. The van der Waals surface area contributed by atoms with Crippen LogP contribution < -0.4 is 0 Å². The van der Waals surface area contributed by atoms with E-state index in [1.54, 1.807) is 6.92 Å². The Morgan fingerprint density at radius 2 is 1.71 bits per heavy atom. The van der Waals surface area contributed by atoms with E-state index in [1.807, 2.05) is 42.2 Å². The molecule has 5 atom stereocenters. The van der Waals surface area contributed by atoms with Gasteiger partial charge in [-0.05, 0) is 75.3 Å². The van der Waals surface area contributed by atoms with Gasteiger partial charge in [-0.2, -0.15) is 26.3 Å². The highest BCUT2D eigenvalue weighted by Gasteiger charge is 2.46. The minimum atomic E-state index is -4.97. The zero-order valence-corrected chi connectivity index (χ0v) is 23.9. The quantitative estimate of drug-likeness (QED) is 0.230. The lowest BCUT2D eigenvalue weighted by atomic mass is 9.78. The van der Waals surface area contributed by atoms with Crippen LogP contribution in [0.15, 0.2) is 48.5 Å². The second-order valence-corrected chi connectivity index (χ2v) is 11.4. The number of nitrogens with zero attached hydrogens (tertiary/aromatic N) is 1. The predicted molar refractivity (Wildman–Crippen MR) is 143 cm³/mol. The summed E-state index contributed by atoms with van der Waals surface area (Å²) in [5, 5.41) is 0. The third-order valence-corrected chi connectivity index (χ3v) is 8.27. The molecule has 2 fully saturated rings. The lowest BCUT2D eigenvalue weighted by molar-refractivity contribution is -0.181. The minimum absolute atomic E-state index is 0.0415. The van der Waals surface area contributed by atoms with Gasteiger partial charge in [0, 0.05) is 25.6 Å². The van der Waals surface area contributed by atoms with E-state index in [9.17, 15) is 31.1 Å². The van der Waals surface area contributed by atoms with Crippen molar-refractivity contribution in [3.8, 4) is 0 Å². The van der Waals surface area contributed by atoms with Crippen molar-refractivity contribution in [3.05, 3.63) is 70.8 Å². The summed E-state index contributed by atoms with van der Waals surface area (Å²) >= 11 is 0. The molecule has 2 heterocycles. The number of benzene rings is 2. The van der Waals surface area contributed by atoms with Crippen LogP contribution in [0.25, 0.3) is 0 Å². The molecule has 2 saturated heterocycles. The van der Waals surface area contributed by atoms with E-state index < -0.39 is 41.2 Å². The Morgan fingerprint density at radius 1 is 1.07 bits per heavy atom. The van der Waals surface area contributed by atoms with Crippen molar-refractivity contribution in [2.45, 2.75) is 70.6 Å². The maximum absolute atomic E-state index is 13.6. The first kappa shape index (κ1) is 32.3. The predicted octanol–water partition coefficient (Wildman–Crippen LogP) is 7.61. The molecule has 0 spiro atoms. The van der Waals surface area contributed by atoms with Crippen LogP contribution in [0.4, 0.5) is 26.3 Å². The van der Waals surface area contributed by atoms with Crippen LogP contribution in [0.2, 0.25) is 0 Å². The number of carbonyl (C=O) groups excluding carboxylic acids is 1. The number of piperidine rings is 1. The molecular weight excluding hydrogens is 564 g/mol. The van der Waals surface area contributed by atoms with Crippen molar-refractivity contribution < 1.29 is 45.3 Å². The SMILES string of the molecule is CCOC(=O)[C@]1(C)CCCN(C(O[C@H](C)c2cc(C(F)(F)F)cc(C(F)(F)F)c2)[C@H]2COCC[C@@H]2c2ccccc2)C1. The number of ether oxygens (including phenoxy) is 3. The lowest BCUT2D eigenvalue weighted by Gasteiger charge is -2.47. The summed E-state index contributed by atoms with van der Waals surface area (Å²) in [6.07, 6.45) is -9.96. The molecule has 2 aliphatic heterocycles.